The summed E-state index contributed by atoms with van der Waals surface area (Å²) in [6.07, 6.45) is 11.0. The highest BCUT2D eigenvalue weighted by molar-refractivity contribution is 5.10. The Hall–Kier alpha value is -0.870. The highest BCUT2D eigenvalue weighted by Crippen LogP contribution is 2.22. The lowest BCUT2D eigenvalue weighted by atomic mass is 10.0. The minimum absolute atomic E-state index is 0.0233. The Labute approximate surface area is 117 Å². The molecule has 0 amide bonds. The highest BCUT2D eigenvalue weighted by atomic mass is 16.5. The largest absolute Gasteiger partial charge is 0.372 e. The van der Waals surface area contributed by atoms with Crippen molar-refractivity contribution in [1.29, 1.82) is 0 Å². The number of unbranched alkanes of at least 4 members (excludes halogenated alkanes) is 4. The van der Waals surface area contributed by atoms with Gasteiger partial charge in [-0.05, 0) is 12.8 Å². The van der Waals surface area contributed by atoms with Gasteiger partial charge in [0.1, 0.15) is 6.10 Å². The van der Waals surface area contributed by atoms with Crippen molar-refractivity contribution in [1.82, 2.24) is 9.78 Å². The first-order chi connectivity index (χ1) is 9.19. The van der Waals surface area contributed by atoms with Crippen molar-refractivity contribution in [3.8, 4) is 0 Å². The van der Waals surface area contributed by atoms with E-state index in [9.17, 15) is 0 Å². The van der Waals surface area contributed by atoms with Crippen LogP contribution in [-0.2, 0) is 11.8 Å². The van der Waals surface area contributed by atoms with E-state index in [2.05, 4.69) is 18.9 Å². The predicted octanol–water partition coefficient (Wildman–Crippen LogP) is 3.19. The van der Waals surface area contributed by atoms with E-state index in [4.69, 9.17) is 10.5 Å². The van der Waals surface area contributed by atoms with Gasteiger partial charge < -0.3 is 10.5 Å². The Balaban J connectivity index is 2.39. The molecule has 0 spiro atoms. The fourth-order valence-corrected chi connectivity index (χ4v) is 2.18. The van der Waals surface area contributed by atoms with E-state index >= 15 is 0 Å². The Morgan fingerprint density at radius 2 is 2.00 bits per heavy atom. The van der Waals surface area contributed by atoms with Gasteiger partial charge in [-0.1, -0.05) is 39.5 Å². The molecule has 4 nitrogen and oxygen atoms in total. The van der Waals surface area contributed by atoms with Crippen LogP contribution < -0.4 is 5.73 Å². The Morgan fingerprint density at radius 1 is 1.26 bits per heavy atom. The van der Waals surface area contributed by atoms with Gasteiger partial charge in [0.2, 0.25) is 0 Å². The Kier molecular flexibility index (Phi) is 7.75. The number of hydrogen-bond acceptors (Lipinski definition) is 3. The fraction of sp³-hybridized carbons (Fsp3) is 0.800. The lowest BCUT2D eigenvalue weighted by Gasteiger charge is -2.22. The van der Waals surface area contributed by atoms with Crippen molar-refractivity contribution in [3.63, 3.8) is 0 Å². The predicted molar refractivity (Wildman–Crippen MR) is 78.9 cm³/mol. The smallest absolute Gasteiger partial charge is 0.101 e. The van der Waals surface area contributed by atoms with Crippen molar-refractivity contribution in [3.05, 3.63) is 18.0 Å². The molecule has 0 aromatic carbocycles. The summed E-state index contributed by atoms with van der Waals surface area (Å²) in [5, 5.41) is 4.20. The number of aromatic nitrogens is 2. The van der Waals surface area contributed by atoms with Gasteiger partial charge in [-0.25, -0.2) is 0 Å². The summed E-state index contributed by atoms with van der Waals surface area (Å²) < 4.78 is 7.80. The lowest BCUT2D eigenvalue weighted by Crippen LogP contribution is -2.29. The van der Waals surface area contributed by atoms with E-state index in [0.717, 1.165) is 25.0 Å². The van der Waals surface area contributed by atoms with E-state index in [0.29, 0.717) is 0 Å². The second-order valence-electron chi connectivity index (χ2n) is 5.23. The zero-order chi connectivity index (χ0) is 14.1. The molecular weight excluding hydrogens is 238 g/mol. The van der Waals surface area contributed by atoms with Crippen molar-refractivity contribution >= 4 is 0 Å². The summed E-state index contributed by atoms with van der Waals surface area (Å²) in [6, 6.07) is 0.0415. The number of ether oxygens (including phenoxy) is 1. The van der Waals surface area contributed by atoms with Gasteiger partial charge in [-0.15, -0.1) is 0 Å². The van der Waals surface area contributed by atoms with Crippen molar-refractivity contribution in [2.75, 3.05) is 6.61 Å². The second kappa shape index (κ2) is 9.10. The second-order valence-corrected chi connectivity index (χ2v) is 5.23. The molecule has 2 N–H and O–H groups in total. The number of aryl methyl sites for hydroxylation is 1. The minimum atomic E-state index is -0.0233. The standard InChI is InChI=1S/C15H29N3O/c1-4-6-7-8-9-10-19-15(14(16)5-2)13-11-17-18(3)12-13/h11-12,14-15H,4-10,16H2,1-3H3. The van der Waals surface area contributed by atoms with Crippen LogP contribution in [0.1, 0.15) is 64.0 Å². The first kappa shape index (κ1) is 16.2. The van der Waals surface area contributed by atoms with Crippen LogP contribution in [0.5, 0.6) is 0 Å². The van der Waals surface area contributed by atoms with Crippen molar-refractivity contribution in [2.45, 2.75) is 64.5 Å². The molecule has 1 heterocycles. The zero-order valence-corrected chi connectivity index (χ0v) is 12.6. The molecule has 2 atom stereocenters. The Morgan fingerprint density at radius 3 is 2.58 bits per heavy atom. The third-order valence-corrected chi connectivity index (χ3v) is 3.46. The molecule has 0 aliphatic carbocycles. The van der Waals surface area contributed by atoms with Crippen LogP contribution in [0.2, 0.25) is 0 Å². The van der Waals surface area contributed by atoms with E-state index in [1.54, 1.807) is 4.68 Å². The molecule has 0 aliphatic heterocycles. The molecule has 110 valence electrons. The number of hydrogen-bond donors (Lipinski definition) is 1. The summed E-state index contributed by atoms with van der Waals surface area (Å²) in [5.41, 5.74) is 7.25. The zero-order valence-electron chi connectivity index (χ0n) is 12.6. The molecule has 4 heteroatoms. The maximum absolute atomic E-state index is 6.16. The molecule has 2 unspecified atom stereocenters. The summed E-state index contributed by atoms with van der Waals surface area (Å²) in [7, 11) is 1.92. The third-order valence-electron chi connectivity index (χ3n) is 3.46. The van der Waals surface area contributed by atoms with E-state index in [-0.39, 0.29) is 12.1 Å². The number of nitrogens with two attached hydrogens (primary N) is 1. The monoisotopic (exact) mass is 267 g/mol. The van der Waals surface area contributed by atoms with E-state index < -0.39 is 0 Å². The average Bonchev–Trinajstić information content (AvgIpc) is 2.83. The van der Waals surface area contributed by atoms with Gasteiger partial charge in [0, 0.05) is 31.5 Å². The molecule has 1 aromatic heterocycles. The maximum Gasteiger partial charge on any atom is 0.101 e. The SMILES string of the molecule is CCCCCCCOC(c1cnn(C)c1)C(N)CC. The van der Waals surface area contributed by atoms with E-state index in [1.807, 2.05) is 19.4 Å². The molecule has 19 heavy (non-hydrogen) atoms. The molecule has 0 fully saturated rings. The fourth-order valence-electron chi connectivity index (χ4n) is 2.18. The van der Waals surface area contributed by atoms with Crippen LogP contribution in [0, 0.1) is 0 Å². The molecule has 1 rings (SSSR count). The first-order valence-corrected chi connectivity index (χ1v) is 7.54. The van der Waals surface area contributed by atoms with Crippen LogP contribution in [0.4, 0.5) is 0 Å². The van der Waals surface area contributed by atoms with Crippen LogP contribution >= 0.6 is 0 Å². The molecule has 1 aromatic rings. The van der Waals surface area contributed by atoms with Gasteiger partial charge in [-0.2, -0.15) is 5.10 Å². The maximum atomic E-state index is 6.16. The first-order valence-electron chi connectivity index (χ1n) is 7.54. The molecule has 0 bridgehead atoms. The average molecular weight is 267 g/mol. The van der Waals surface area contributed by atoms with E-state index in [1.165, 1.54) is 25.7 Å². The van der Waals surface area contributed by atoms with Gasteiger partial charge in [0.25, 0.3) is 0 Å². The highest BCUT2D eigenvalue weighted by Gasteiger charge is 2.20. The summed E-state index contributed by atoms with van der Waals surface area (Å²) in [6.45, 7) is 5.12. The Bertz CT molecular complexity index is 338. The normalized spacial score (nSPS) is 14.5. The van der Waals surface area contributed by atoms with Crippen LogP contribution in [-0.4, -0.2) is 22.4 Å². The third kappa shape index (κ3) is 5.74. The quantitative estimate of drug-likeness (QED) is 0.662. The minimum Gasteiger partial charge on any atom is -0.372 e. The molecule has 0 saturated carbocycles. The van der Waals surface area contributed by atoms with Crippen molar-refractivity contribution in [2.24, 2.45) is 12.8 Å². The molecular formula is C15H29N3O. The van der Waals surface area contributed by atoms with Gasteiger partial charge in [0.15, 0.2) is 0 Å². The van der Waals surface area contributed by atoms with Crippen LogP contribution in [0.15, 0.2) is 12.4 Å². The van der Waals surface area contributed by atoms with Crippen LogP contribution in [0.3, 0.4) is 0 Å². The topological polar surface area (TPSA) is 53.1 Å². The summed E-state index contributed by atoms with van der Waals surface area (Å²) in [5.74, 6) is 0. The summed E-state index contributed by atoms with van der Waals surface area (Å²) in [4.78, 5) is 0. The lowest BCUT2D eigenvalue weighted by molar-refractivity contribution is 0.0310. The van der Waals surface area contributed by atoms with Gasteiger partial charge in [-0.3, -0.25) is 4.68 Å². The van der Waals surface area contributed by atoms with Gasteiger partial charge >= 0.3 is 0 Å². The number of nitrogens with zero attached hydrogens (tertiary/aromatic N) is 2. The molecule has 0 radical (unpaired) electrons. The van der Waals surface area contributed by atoms with Crippen molar-refractivity contribution < 1.29 is 4.74 Å². The molecule has 0 aliphatic rings. The summed E-state index contributed by atoms with van der Waals surface area (Å²) >= 11 is 0. The van der Waals surface area contributed by atoms with Gasteiger partial charge in [0.05, 0.1) is 6.20 Å². The number of rotatable bonds is 10. The molecule has 0 saturated heterocycles. The van der Waals surface area contributed by atoms with Crippen LogP contribution in [0.25, 0.3) is 0 Å².